The van der Waals surface area contributed by atoms with Crippen molar-refractivity contribution in [2.24, 2.45) is 11.3 Å². The van der Waals surface area contributed by atoms with E-state index in [0.29, 0.717) is 24.7 Å². The minimum absolute atomic E-state index is 0.0942. The maximum atomic E-state index is 13.1. The van der Waals surface area contributed by atoms with Crippen molar-refractivity contribution in [3.05, 3.63) is 48.2 Å². The van der Waals surface area contributed by atoms with Gasteiger partial charge in [0.15, 0.2) is 0 Å². The zero-order chi connectivity index (χ0) is 27.8. The Bertz CT molecular complexity index is 838. The molecule has 0 radical (unpaired) electrons. The largest absolute Gasteiger partial charge is 0.357 e. The number of nitrogens with one attached hydrogen (secondary N) is 3. The molecule has 0 saturated heterocycles. The Kier molecular flexibility index (Phi) is 15.3. The Morgan fingerprint density at radius 1 is 1.11 bits per heavy atom. The van der Waals surface area contributed by atoms with Crippen molar-refractivity contribution in [2.75, 3.05) is 43.3 Å². The lowest BCUT2D eigenvalue weighted by atomic mass is 9.90. The molecule has 1 fully saturated rings. The molecule has 1 aromatic rings. The molecular weight excluding hydrogens is 512 g/mol. The average Bonchev–Trinajstić information content (AvgIpc) is 2.88. The number of carbonyl (C=O) groups excluding carboxylic acids is 2. The fraction of sp³-hybridized carbons (Fsp3) is 0.667. The predicted octanol–water partition coefficient (Wildman–Crippen LogP) is 5.26. The molecule has 38 heavy (non-hydrogen) atoms. The van der Waals surface area contributed by atoms with E-state index in [0.717, 1.165) is 30.3 Å². The predicted molar refractivity (Wildman–Crippen MR) is 165 cm³/mol. The molecule has 3 N–H and O–H groups in total. The molecule has 1 atom stereocenters. The van der Waals surface area contributed by atoms with Crippen LogP contribution in [0.4, 0.5) is 0 Å². The van der Waals surface area contributed by atoms with Gasteiger partial charge in [-0.1, -0.05) is 76.9 Å². The van der Waals surface area contributed by atoms with E-state index in [-0.39, 0.29) is 23.8 Å². The molecule has 1 aliphatic carbocycles. The van der Waals surface area contributed by atoms with E-state index in [1.165, 1.54) is 37.7 Å². The van der Waals surface area contributed by atoms with E-state index in [2.05, 4.69) is 55.4 Å². The van der Waals surface area contributed by atoms with Gasteiger partial charge in [0.05, 0.1) is 12.4 Å². The van der Waals surface area contributed by atoms with Gasteiger partial charge in [-0.2, -0.15) is 11.8 Å². The minimum atomic E-state index is -0.544. The van der Waals surface area contributed by atoms with E-state index in [1.54, 1.807) is 23.5 Å². The maximum absolute atomic E-state index is 13.1. The lowest BCUT2D eigenvalue weighted by Gasteiger charge is -2.30. The van der Waals surface area contributed by atoms with Crippen molar-refractivity contribution in [3.8, 4) is 0 Å². The number of nitrogens with zero attached hydrogens (tertiary/aromatic N) is 1. The summed E-state index contributed by atoms with van der Waals surface area (Å²) in [5.41, 5.74) is 2.27. The van der Waals surface area contributed by atoms with Gasteiger partial charge in [-0.3, -0.25) is 9.59 Å². The molecule has 0 aliphatic heterocycles. The number of carbonyl (C=O) groups is 2. The summed E-state index contributed by atoms with van der Waals surface area (Å²) in [5.74, 6) is 2.84. The highest BCUT2D eigenvalue weighted by Crippen LogP contribution is 2.27. The van der Waals surface area contributed by atoms with Crippen LogP contribution in [0.3, 0.4) is 0 Å². The van der Waals surface area contributed by atoms with Crippen molar-refractivity contribution < 1.29 is 9.59 Å². The molecule has 214 valence electrons. The highest BCUT2D eigenvalue weighted by molar-refractivity contribution is 7.99. The SMILES string of the molecule is C=C(CC(C)(C)C)N(CSC)CC(=O)NC(CSCC1CCCCC1)C(=O)NCCNCc1ccccc1. The first kappa shape index (κ1) is 32.6. The van der Waals surface area contributed by atoms with Crippen molar-refractivity contribution in [1.29, 1.82) is 0 Å². The number of benzene rings is 1. The molecule has 8 heteroatoms. The van der Waals surface area contributed by atoms with Gasteiger partial charge in [0.2, 0.25) is 11.8 Å². The van der Waals surface area contributed by atoms with Crippen LogP contribution in [-0.2, 0) is 16.1 Å². The number of hydrogen-bond donors (Lipinski definition) is 3. The second-order valence-corrected chi connectivity index (χ2v) is 13.4. The molecule has 0 bridgehead atoms. The van der Waals surface area contributed by atoms with Crippen molar-refractivity contribution >= 4 is 35.3 Å². The number of hydrogen-bond acceptors (Lipinski definition) is 6. The van der Waals surface area contributed by atoms with Gasteiger partial charge in [-0.05, 0) is 48.2 Å². The molecule has 2 rings (SSSR count). The number of amides is 2. The first-order valence-electron chi connectivity index (χ1n) is 14.0. The fourth-order valence-electron chi connectivity index (χ4n) is 4.66. The summed E-state index contributed by atoms with van der Waals surface area (Å²) in [6, 6.07) is 9.67. The summed E-state index contributed by atoms with van der Waals surface area (Å²) in [7, 11) is 0. The average molecular weight is 563 g/mol. The maximum Gasteiger partial charge on any atom is 0.243 e. The molecular formula is C30H50N4O2S2. The lowest BCUT2D eigenvalue weighted by Crippen LogP contribution is -2.51. The highest BCUT2D eigenvalue weighted by atomic mass is 32.2. The van der Waals surface area contributed by atoms with Crippen molar-refractivity contribution in [3.63, 3.8) is 0 Å². The van der Waals surface area contributed by atoms with E-state index in [9.17, 15) is 9.59 Å². The van der Waals surface area contributed by atoms with Gasteiger partial charge in [-0.25, -0.2) is 0 Å². The van der Waals surface area contributed by atoms with Crippen LogP contribution >= 0.6 is 23.5 Å². The monoisotopic (exact) mass is 562 g/mol. The molecule has 0 spiro atoms. The smallest absolute Gasteiger partial charge is 0.243 e. The summed E-state index contributed by atoms with van der Waals surface area (Å²) >= 11 is 3.47. The standard InChI is InChI=1S/C30H50N4O2S2/c1-24(18-30(2,3)4)34(23-37-5)20-28(35)33-27(22-38-21-26-14-10-7-11-15-26)29(36)32-17-16-31-19-25-12-8-6-9-13-25/h6,8-9,12-13,26-27,31H,1,7,10-11,14-23H2,2-5H3,(H,32,36)(H,33,35). The lowest BCUT2D eigenvalue weighted by molar-refractivity contribution is -0.128. The highest BCUT2D eigenvalue weighted by Gasteiger charge is 2.24. The molecule has 6 nitrogen and oxygen atoms in total. The van der Waals surface area contributed by atoms with Gasteiger partial charge in [0.1, 0.15) is 6.04 Å². The second kappa shape index (κ2) is 17.9. The van der Waals surface area contributed by atoms with Crippen LogP contribution in [0.5, 0.6) is 0 Å². The first-order chi connectivity index (χ1) is 18.2. The zero-order valence-electron chi connectivity index (χ0n) is 24.0. The van der Waals surface area contributed by atoms with Crippen molar-refractivity contribution in [2.45, 2.75) is 71.9 Å². The number of thioether (sulfide) groups is 2. The quantitative estimate of drug-likeness (QED) is 0.178. The third kappa shape index (κ3) is 13.9. The molecule has 1 unspecified atom stereocenters. The second-order valence-electron chi connectivity index (χ2n) is 11.5. The third-order valence-corrected chi connectivity index (χ3v) is 8.43. The molecule has 1 aromatic carbocycles. The van der Waals surface area contributed by atoms with Crippen LogP contribution in [0.1, 0.15) is 64.9 Å². The molecule has 0 aromatic heterocycles. The van der Waals surface area contributed by atoms with Gasteiger partial charge in [-0.15, -0.1) is 11.8 Å². The van der Waals surface area contributed by atoms with E-state index >= 15 is 0 Å². The van der Waals surface area contributed by atoms with Gasteiger partial charge >= 0.3 is 0 Å². The Morgan fingerprint density at radius 2 is 1.82 bits per heavy atom. The number of rotatable bonds is 17. The van der Waals surface area contributed by atoms with Crippen LogP contribution in [-0.4, -0.2) is 66.0 Å². The zero-order valence-corrected chi connectivity index (χ0v) is 25.7. The first-order valence-corrected chi connectivity index (χ1v) is 16.5. The van der Waals surface area contributed by atoms with E-state index in [4.69, 9.17) is 0 Å². The normalized spacial score (nSPS) is 15.1. The number of allylic oxidation sites excluding steroid dienone is 1. The molecule has 2 amide bonds. The topological polar surface area (TPSA) is 73.5 Å². The summed E-state index contributed by atoms with van der Waals surface area (Å²) in [6.45, 7) is 12.9. The van der Waals surface area contributed by atoms with Gasteiger partial charge in [0.25, 0.3) is 0 Å². The van der Waals surface area contributed by atoms with Crippen LogP contribution in [0.2, 0.25) is 0 Å². The third-order valence-electron chi connectivity index (χ3n) is 6.59. The van der Waals surface area contributed by atoms with E-state index in [1.807, 2.05) is 29.4 Å². The summed E-state index contributed by atoms with van der Waals surface area (Å²) in [5, 5.41) is 9.44. The fourth-order valence-corrected chi connectivity index (χ4v) is 6.52. The Labute approximate surface area is 239 Å². The van der Waals surface area contributed by atoms with Gasteiger partial charge in [0, 0.05) is 31.1 Å². The Balaban J connectivity index is 1.88. The summed E-state index contributed by atoms with van der Waals surface area (Å²) in [6.07, 6.45) is 9.37. The van der Waals surface area contributed by atoms with Gasteiger partial charge < -0.3 is 20.9 Å². The van der Waals surface area contributed by atoms with Crippen LogP contribution in [0.15, 0.2) is 42.6 Å². The molecule has 0 heterocycles. The minimum Gasteiger partial charge on any atom is -0.357 e. The van der Waals surface area contributed by atoms with E-state index < -0.39 is 6.04 Å². The van der Waals surface area contributed by atoms with Crippen LogP contribution < -0.4 is 16.0 Å². The van der Waals surface area contributed by atoms with Crippen LogP contribution in [0, 0.1) is 11.3 Å². The van der Waals surface area contributed by atoms with Crippen molar-refractivity contribution in [1.82, 2.24) is 20.9 Å². The molecule has 1 aliphatic rings. The Morgan fingerprint density at radius 3 is 2.47 bits per heavy atom. The Hall–Kier alpha value is -1.64. The summed E-state index contributed by atoms with van der Waals surface area (Å²) in [4.78, 5) is 28.3. The van der Waals surface area contributed by atoms with Crippen LogP contribution in [0.25, 0.3) is 0 Å². The molecule has 1 saturated carbocycles. The summed E-state index contributed by atoms with van der Waals surface area (Å²) < 4.78 is 0.